The smallest absolute Gasteiger partial charge is 0.242 e. The monoisotopic (exact) mass is 274 g/mol. The molecular formula is C17H26N2O. The molecule has 1 aromatic carbocycles. The Morgan fingerprint density at radius 1 is 1.35 bits per heavy atom. The number of fused-ring (bicyclic) bond motifs is 1. The van der Waals surface area contributed by atoms with Gasteiger partial charge in [-0.05, 0) is 36.8 Å². The first-order valence-electron chi connectivity index (χ1n) is 7.79. The Hall–Kier alpha value is -1.51. The Balaban J connectivity index is 1.72. The molecule has 1 aromatic rings. The molecule has 20 heavy (non-hydrogen) atoms. The molecule has 0 aromatic heterocycles. The lowest BCUT2D eigenvalue weighted by atomic mass is 9.97. The fourth-order valence-corrected chi connectivity index (χ4v) is 2.65. The van der Waals surface area contributed by atoms with E-state index in [1.54, 1.807) is 0 Å². The highest BCUT2D eigenvalue weighted by atomic mass is 16.2. The molecule has 2 rings (SSSR count). The predicted octanol–water partition coefficient (Wildman–Crippen LogP) is 3.36. The van der Waals surface area contributed by atoms with Gasteiger partial charge in [0.1, 0.15) is 6.04 Å². The quantitative estimate of drug-likeness (QED) is 0.781. The number of hydrogen-bond acceptors (Lipinski definition) is 2. The summed E-state index contributed by atoms with van der Waals surface area (Å²) in [7, 11) is 0. The largest absolute Gasteiger partial charge is 0.373 e. The number of unbranched alkanes of at least 4 members (excludes halogenated alkanes) is 1. The van der Waals surface area contributed by atoms with Crippen molar-refractivity contribution in [2.75, 3.05) is 11.9 Å². The third-order valence-electron chi connectivity index (χ3n) is 3.87. The number of carbonyl (C=O) groups excluding carboxylic acids is 1. The van der Waals surface area contributed by atoms with Gasteiger partial charge in [0.25, 0.3) is 0 Å². The van der Waals surface area contributed by atoms with Crippen LogP contribution < -0.4 is 10.6 Å². The van der Waals surface area contributed by atoms with Crippen LogP contribution in [-0.2, 0) is 11.2 Å². The summed E-state index contributed by atoms with van der Waals surface area (Å²) in [4.78, 5) is 12.1. The van der Waals surface area contributed by atoms with E-state index in [0.29, 0.717) is 0 Å². The van der Waals surface area contributed by atoms with Crippen LogP contribution in [0.5, 0.6) is 0 Å². The number of anilines is 1. The molecule has 1 aliphatic rings. The van der Waals surface area contributed by atoms with Crippen LogP contribution >= 0.6 is 0 Å². The van der Waals surface area contributed by atoms with E-state index in [1.165, 1.54) is 18.4 Å². The van der Waals surface area contributed by atoms with Crippen LogP contribution in [0, 0.1) is 5.92 Å². The molecule has 0 aliphatic carbocycles. The summed E-state index contributed by atoms with van der Waals surface area (Å²) in [5.41, 5.74) is 2.42. The lowest BCUT2D eigenvalue weighted by Crippen LogP contribution is -2.42. The standard InChI is InChI=1S/C17H26N2O/c1-13(2)7-5-6-12-18-17(20)16-11-10-14-8-3-4-9-15(14)19-16/h3-4,8-9,13,16,19H,5-7,10-12H2,1-2H3,(H,18,20). The van der Waals surface area contributed by atoms with E-state index in [1.807, 2.05) is 6.07 Å². The zero-order valence-corrected chi connectivity index (χ0v) is 12.6. The SMILES string of the molecule is CC(C)CCCCNC(=O)C1CCc2ccccc2N1. The van der Waals surface area contributed by atoms with Gasteiger partial charge in [0.2, 0.25) is 5.91 Å². The van der Waals surface area contributed by atoms with Crippen LogP contribution in [0.1, 0.15) is 45.1 Å². The van der Waals surface area contributed by atoms with E-state index in [4.69, 9.17) is 0 Å². The second kappa shape index (κ2) is 7.32. The summed E-state index contributed by atoms with van der Waals surface area (Å²) in [5, 5.41) is 6.40. The van der Waals surface area contributed by atoms with Crippen molar-refractivity contribution in [1.29, 1.82) is 0 Å². The van der Waals surface area contributed by atoms with E-state index in [9.17, 15) is 4.79 Å². The molecule has 1 unspecified atom stereocenters. The van der Waals surface area contributed by atoms with Gasteiger partial charge in [0.15, 0.2) is 0 Å². The minimum absolute atomic E-state index is 0.0741. The highest BCUT2D eigenvalue weighted by Gasteiger charge is 2.22. The number of para-hydroxylation sites is 1. The van der Waals surface area contributed by atoms with Gasteiger partial charge >= 0.3 is 0 Å². The molecule has 1 amide bonds. The summed E-state index contributed by atoms with van der Waals surface area (Å²) in [6.45, 7) is 5.27. The molecular weight excluding hydrogens is 248 g/mol. The number of nitrogens with one attached hydrogen (secondary N) is 2. The van der Waals surface area contributed by atoms with E-state index in [-0.39, 0.29) is 11.9 Å². The van der Waals surface area contributed by atoms with Crippen molar-refractivity contribution in [1.82, 2.24) is 5.32 Å². The molecule has 3 nitrogen and oxygen atoms in total. The summed E-state index contributed by atoms with van der Waals surface area (Å²) in [6, 6.07) is 8.17. The van der Waals surface area contributed by atoms with Crippen LogP contribution in [0.4, 0.5) is 5.69 Å². The Morgan fingerprint density at radius 2 is 2.15 bits per heavy atom. The van der Waals surface area contributed by atoms with Crippen LogP contribution in [-0.4, -0.2) is 18.5 Å². The zero-order valence-electron chi connectivity index (χ0n) is 12.6. The number of amides is 1. The number of hydrogen-bond donors (Lipinski definition) is 2. The second-order valence-corrected chi connectivity index (χ2v) is 6.07. The summed E-state index contributed by atoms with van der Waals surface area (Å²) >= 11 is 0. The minimum Gasteiger partial charge on any atom is -0.373 e. The van der Waals surface area contributed by atoms with Gasteiger partial charge in [-0.1, -0.05) is 44.9 Å². The lowest BCUT2D eigenvalue weighted by molar-refractivity contribution is -0.122. The first-order valence-corrected chi connectivity index (χ1v) is 7.79. The van der Waals surface area contributed by atoms with Gasteiger partial charge in [0.05, 0.1) is 0 Å². The molecule has 110 valence electrons. The number of rotatable bonds is 6. The van der Waals surface area contributed by atoms with Crippen molar-refractivity contribution in [3.8, 4) is 0 Å². The van der Waals surface area contributed by atoms with Gasteiger partial charge in [-0.3, -0.25) is 4.79 Å². The molecule has 1 aliphatic heterocycles. The van der Waals surface area contributed by atoms with Crippen molar-refractivity contribution in [3.63, 3.8) is 0 Å². The van der Waals surface area contributed by atoms with E-state index in [0.717, 1.165) is 37.4 Å². The van der Waals surface area contributed by atoms with Gasteiger partial charge in [-0.2, -0.15) is 0 Å². The second-order valence-electron chi connectivity index (χ2n) is 6.07. The topological polar surface area (TPSA) is 41.1 Å². The van der Waals surface area contributed by atoms with Crippen molar-refractivity contribution < 1.29 is 4.79 Å². The Kier molecular flexibility index (Phi) is 5.45. The van der Waals surface area contributed by atoms with Gasteiger partial charge in [0, 0.05) is 12.2 Å². The maximum absolute atomic E-state index is 12.1. The van der Waals surface area contributed by atoms with Crippen molar-refractivity contribution in [3.05, 3.63) is 29.8 Å². The Morgan fingerprint density at radius 3 is 2.95 bits per heavy atom. The van der Waals surface area contributed by atoms with Crippen molar-refractivity contribution >= 4 is 11.6 Å². The molecule has 0 bridgehead atoms. The Labute approximate surface area is 122 Å². The lowest BCUT2D eigenvalue weighted by Gasteiger charge is -2.26. The maximum Gasteiger partial charge on any atom is 0.242 e. The molecule has 0 saturated heterocycles. The summed E-state index contributed by atoms with van der Waals surface area (Å²) in [6.07, 6.45) is 5.38. The molecule has 0 saturated carbocycles. The van der Waals surface area contributed by atoms with E-state index in [2.05, 4.69) is 42.7 Å². The molecule has 0 spiro atoms. The molecule has 1 atom stereocenters. The number of carbonyl (C=O) groups is 1. The highest BCUT2D eigenvalue weighted by Crippen LogP contribution is 2.24. The average Bonchev–Trinajstić information content (AvgIpc) is 2.46. The molecule has 0 fully saturated rings. The number of aryl methyl sites for hydroxylation is 1. The molecule has 2 N–H and O–H groups in total. The van der Waals surface area contributed by atoms with Crippen LogP contribution in [0.15, 0.2) is 24.3 Å². The third kappa shape index (κ3) is 4.26. The van der Waals surface area contributed by atoms with Crippen LogP contribution in [0.25, 0.3) is 0 Å². The average molecular weight is 274 g/mol. The molecule has 0 radical (unpaired) electrons. The third-order valence-corrected chi connectivity index (χ3v) is 3.87. The summed E-state index contributed by atoms with van der Waals surface area (Å²) < 4.78 is 0. The van der Waals surface area contributed by atoms with E-state index >= 15 is 0 Å². The predicted molar refractivity (Wildman–Crippen MR) is 83.9 cm³/mol. The fraction of sp³-hybridized carbons (Fsp3) is 0.588. The molecule has 3 heteroatoms. The van der Waals surface area contributed by atoms with Crippen molar-refractivity contribution in [2.45, 2.75) is 52.0 Å². The fourth-order valence-electron chi connectivity index (χ4n) is 2.65. The normalized spacial score (nSPS) is 17.4. The highest BCUT2D eigenvalue weighted by molar-refractivity contribution is 5.85. The first-order chi connectivity index (χ1) is 9.66. The van der Waals surface area contributed by atoms with Crippen LogP contribution in [0.2, 0.25) is 0 Å². The van der Waals surface area contributed by atoms with Gasteiger partial charge in [-0.25, -0.2) is 0 Å². The minimum atomic E-state index is -0.0741. The maximum atomic E-state index is 12.1. The van der Waals surface area contributed by atoms with Crippen LogP contribution in [0.3, 0.4) is 0 Å². The molecule has 1 heterocycles. The van der Waals surface area contributed by atoms with Gasteiger partial charge < -0.3 is 10.6 Å². The number of benzene rings is 1. The summed E-state index contributed by atoms with van der Waals surface area (Å²) in [5.74, 6) is 0.895. The Bertz CT molecular complexity index is 442. The zero-order chi connectivity index (χ0) is 14.4. The van der Waals surface area contributed by atoms with Crippen molar-refractivity contribution in [2.24, 2.45) is 5.92 Å². The first kappa shape index (κ1) is 14.9. The van der Waals surface area contributed by atoms with Gasteiger partial charge in [-0.15, -0.1) is 0 Å². The van der Waals surface area contributed by atoms with E-state index < -0.39 is 0 Å².